The zero-order valence-corrected chi connectivity index (χ0v) is 14.8. The van der Waals surface area contributed by atoms with Gasteiger partial charge in [-0.1, -0.05) is 48.0 Å². The first kappa shape index (κ1) is 18.9. The number of ketones is 2. The van der Waals surface area contributed by atoms with Crippen molar-refractivity contribution in [2.24, 2.45) is 5.92 Å². The molecule has 130 valence electrons. The number of hydrogen-bond donors (Lipinski definition) is 0. The van der Waals surface area contributed by atoms with Gasteiger partial charge in [-0.2, -0.15) is 0 Å². The number of Topliss-reactive ketones (excluding diaryl/α,β-unsaturated/α-hetero) is 1. The van der Waals surface area contributed by atoms with Gasteiger partial charge in [-0.05, 0) is 24.6 Å². The summed E-state index contributed by atoms with van der Waals surface area (Å²) in [5.41, 5.74) is 0.580. The summed E-state index contributed by atoms with van der Waals surface area (Å²) >= 11 is 6.07. The van der Waals surface area contributed by atoms with E-state index in [0.717, 1.165) is 0 Å². The molecule has 25 heavy (non-hydrogen) atoms. The molecule has 0 fully saturated rings. The third-order valence-electron chi connectivity index (χ3n) is 3.73. The van der Waals surface area contributed by atoms with Crippen molar-refractivity contribution in [3.05, 3.63) is 82.8 Å². The highest BCUT2D eigenvalue weighted by atomic mass is 35.5. The van der Waals surface area contributed by atoms with Crippen molar-refractivity contribution in [2.45, 2.75) is 6.42 Å². The largest absolute Gasteiger partial charge is 0.383 e. The molecule has 0 aromatic heterocycles. The molecule has 0 radical (unpaired) electrons. The fourth-order valence-corrected chi connectivity index (χ4v) is 2.64. The summed E-state index contributed by atoms with van der Waals surface area (Å²) in [4.78, 5) is 27.1. The van der Waals surface area contributed by atoms with Gasteiger partial charge in [0.2, 0.25) is 0 Å². The minimum Gasteiger partial charge on any atom is -0.383 e. The van der Waals surface area contributed by atoms with Gasteiger partial charge in [0.1, 0.15) is 5.82 Å². The van der Waals surface area contributed by atoms with Gasteiger partial charge in [0, 0.05) is 36.4 Å². The van der Waals surface area contributed by atoms with Crippen molar-refractivity contribution >= 4 is 23.2 Å². The number of carbonyl (C=O) groups excluding carboxylic acids is 2. The van der Waals surface area contributed by atoms with Crippen molar-refractivity contribution in [1.82, 2.24) is 4.90 Å². The van der Waals surface area contributed by atoms with Gasteiger partial charge in [-0.25, -0.2) is 4.39 Å². The van der Waals surface area contributed by atoms with Crippen LogP contribution < -0.4 is 0 Å². The number of carbonyl (C=O) groups is 2. The molecule has 0 aliphatic carbocycles. The molecule has 0 heterocycles. The van der Waals surface area contributed by atoms with Gasteiger partial charge < -0.3 is 4.90 Å². The van der Waals surface area contributed by atoms with E-state index >= 15 is 0 Å². The minimum absolute atomic E-state index is 0.0875. The Balaban J connectivity index is 2.38. The maximum Gasteiger partial charge on any atom is 0.174 e. The average molecular weight is 360 g/mol. The van der Waals surface area contributed by atoms with Crippen LogP contribution in [0.2, 0.25) is 5.02 Å². The number of nitrogens with zero attached hydrogens (tertiary/aromatic N) is 1. The summed E-state index contributed by atoms with van der Waals surface area (Å²) in [5.74, 6) is -2.30. The topological polar surface area (TPSA) is 37.4 Å². The molecule has 0 spiro atoms. The van der Waals surface area contributed by atoms with Gasteiger partial charge in [-0.15, -0.1) is 0 Å². The van der Waals surface area contributed by atoms with E-state index in [9.17, 15) is 14.0 Å². The van der Waals surface area contributed by atoms with Crippen molar-refractivity contribution in [3.8, 4) is 0 Å². The number of benzene rings is 2. The minimum atomic E-state index is -1.03. The smallest absolute Gasteiger partial charge is 0.174 e. The van der Waals surface area contributed by atoms with E-state index in [1.54, 1.807) is 61.6 Å². The lowest BCUT2D eigenvalue weighted by Crippen LogP contribution is -2.26. The van der Waals surface area contributed by atoms with Crippen LogP contribution in [0.1, 0.15) is 15.9 Å². The number of allylic oxidation sites excluding steroid dienone is 1. The molecular weight excluding hydrogens is 341 g/mol. The lowest BCUT2D eigenvalue weighted by Gasteiger charge is -2.15. The Kier molecular flexibility index (Phi) is 6.48. The summed E-state index contributed by atoms with van der Waals surface area (Å²) in [6, 6.07) is 12.8. The predicted octanol–water partition coefficient (Wildman–Crippen LogP) is 4.17. The molecule has 2 rings (SSSR count). The number of halogens is 2. The van der Waals surface area contributed by atoms with Crippen molar-refractivity contribution in [3.63, 3.8) is 0 Å². The van der Waals surface area contributed by atoms with Crippen molar-refractivity contribution < 1.29 is 14.0 Å². The fourth-order valence-electron chi connectivity index (χ4n) is 2.40. The Labute approximate surface area is 151 Å². The Morgan fingerprint density at radius 2 is 1.80 bits per heavy atom. The molecule has 1 atom stereocenters. The van der Waals surface area contributed by atoms with Crippen LogP contribution in [0.3, 0.4) is 0 Å². The maximum atomic E-state index is 14.1. The van der Waals surface area contributed by atoms with E-state index in [1.807, 2.05) is 0 Å². The zero-order chi connectivity index (χ0) is 18.4. The molecule has 0 unspecified atom stereocenters. The van der Waals surface area contributed by atoms with E-state index in [0.29, 0.717) is 5.56 Å². The van der Waals surface area contributed by atoms with Crippen LogP contribution >= 0.6 is 11.6 Å². The fraction of sp³-hybridized carbons (Fsp3) is 0.200. The third kappa shape index (κ3) is 5.00. The second kappa shape index (κ2) is 8.58. The third-order valence-corrected chi connectivity index (χ3v) is 4.08. The Bertz CT molecular complexity index is 767. The molecule has 2 aromatic carbocycles. The lowest BCUT2D eigenvalue weighted by atomic mass is 9.87. The summed E-state index contributed by atoms with van der Waals surface area (Å²) < 4.78 is 14.1. The van der Waals surface area contributed by atoms with Crippen LogP contribution in [0.15, 0.2) is 60.8 Å². The highest BCUT2D eigenvalue weighted by Crippen LogP contribution is 2.25. The lowest BCUT2D eigenvalue weighted by molar-refractivity contribution is -0.116. The number of hydrogen-bond acceptors (Lipinski definition) is 3. The second-order valence-corrected chi connectivity index (χ2v) is 6.28. The van der Waals surface area contributed by atoms with Crippen LogP contribution in [-0.2, 0) is 11.2 Å². The van der Waals surface area contributed by atoms with Crippen LogP contribution in [0.5, 0.6) is 0 Å². The molecule has 0 aliphatic heterocycles. The maximum absolute atomic E-state index is 14.1. The Morgan fingerprint density at radius 3 is 2.40 bits per heavy atom. The van der Waals surface area contributed by atoms with E-state index in [-0.39, 0.29) is 28.6 Å². The first-order valence-corrected chi connectivity index (χ1v) is 8.18. The highest BCUT2D eigenvalue weighted by molar-refractivity contribution is 6.31. The normalized spacial score (nSPS) is 12.2. The molecule has 0 aliphatic rings. The van der Waals surface area contributed by atoms with Crippen molar-refractivity contribution in [1.29, 1.82) is 0 Å². The standard InChI is InChI=1S/C20H19ClFNO2/c1-23(2)12-11-19(24)16(20(25)14-7-4-3-5-8-14)13-15-17(21)9-6-10-18(15)22/h3-12,16H,13H2,1-2H3/b12-11+/t16-/m0/s1. The molecule has 0 amide bonds. The summed E-state index contributed by atoms with van der Waals surface area (Å²) in [7, 11) is 3.54. The van der Waals surface area contributed by atoms with Crippen LogP contribution in [0.4, 0.5) is 4.39 Å². The quantitative estimate of drug-likeness (QED) is 0.423. The average Bonchev–Trinajstić information content (AvgIpc) is 2.59. The van der Waals surface area contributed by atoms with Gasteiger partial charge in [0.05, 0.1) is 5.92 Å². The highest BCUT2D eigenvalue weighted by Gasteiger charge is 2.28. The van der Waals surface area contributed by atoms with E-state index in [2.05, 4.69) is 0 Å². The molecule has 0 saturated carbocycles. The van der Waals surface area contributed by atoms with Gasteiger partial charge >= 0.3 is 0 Å². The second-order valence-electron chi connectivity index (χ2n) is 5.87. The predicted molar refractivity (Wildman–Crippen MR) is 97.2 cm³/mol. The van der Waals surface area contributed by atoms with Gasteiger partial charge in [0.15, 0.2) is 11.6 Å². The van der Waals surface area contributed by atoms with Crippen LogP contribution in [-0.4, -0.2) is 30.6 Å². The molecule has 0 bridgehead atoms. The first-order chi connectivity index (χ1) is 11.9. The molecule has 0 saturated heterocycles. The molecule has 3 nitrogen and oxygen atoms in total. The molecular formula is C20H19ClFNO2. The number of rotatable bonds is 7. The Hall–Kier alpha value is -2.46. The van der Waals surface area contributed by atoms with Gasteiger partial charge in [0.25, 0.3) is 0 Å². The van der Waals surface area contributed by atoms with Crippen LogP contribution in [0.25, 0.3) is 0 Å². The zero-order valence-electron chi connectivity index (χ0n) is 14.1. The van der Waals surface area contributed by atoms with E-state index in [1.165, 1.54) is 18.2 Å². The molecule has 2 aromatic rings. The van der Waals surface area contributed by atoms with Crippen molar-refractivity contribution in [2.75, 3.05) is 14.1 Å². The monoisotopic (exact) mass is 359 g/mol. The Morgan fingerprint density at radius 1 is 1.12 bits per heavy atom. The first-order valence-electron chi connectivity index (χ1n) is 7.80. The summed E-state index contributed by atoms with van der Waals surface area (Å²) in [5, 5.41) is 0.204. The SMILES string of the molecule is CN(C)/C=C/C(=O)[C@H](Cc1c(F)cccc1Cl)C(=O)c1ccccc1. The molecule has 5 heteroatoms. The summed E-state index contributed by atoms with van der Waals surface area (Å²) in [6.07, 6.45) is 2.81. The summed E-state index contributed by atoms with van der Waals surface area (Å²) in [6.45, 7) is 0. The van der Waals surface area contributed by atoms with E-state index < -0.39 is 11.7 Å². The molecule has 0 N–H and O–H groups in total. The van der Waals surface area contributed by atoms with E-state index in [4.69, 9.17) is 11.6 Å². The van der Waals surface area contributed by atoms with Gasteiger partial charge in [-0.3, -0.25) is 9.59 Å². The van der Waals surface area contributed by atoms with Crippen LogP contribution in [0, 0.1) is 11.7 Å².